The van der Waals surface area contributed by atoms with Crippen molar-refractivity contribution >= 4 is 17.4 Å². The zero-order valence-corrected chi connectivity index (χ0v) is 17.4. The zero-order chi connectivity index (χ0) is 20.8. The van der Waals surface area contributed by atoms with Gasteiger partial charge >= 0.3 is 5.69 Å². The second-order valence-corrected chi connectivity index (χ2v) is 7.38. The SMILES string of the molecule is COCCn1c(-c2ccc(Cl)cc2)nn(CC(=O)CCc2cccc(C)c2)c1=O. The number of aromatic nitrogens is 3. The van der Waals surface area contributed by atoms with E-state index in [-0.39, 0.29) is 18.0 Å². The molecule has 7 heteroatoms. The molecule has 152 valence electrons. The lowest BCUT2D eigenvalue weighted by atomic mass is 10.1. The Hall–Kier alpha value is -2.70. The average Bonchev–Trinajstić information content (AvgIpc) is 3.01. The molecule has 6 nitrogen and oxygen atoms in total. The van der Waals surface area contributed by atoms with Crippen molar-refractivity contribution in [3.63, 3.8) is 0 Å². The van der Waals surface area contributed by atoms with E-state index in [0.29, 0.717) is 36.8 Å². The van der Waals surface area contributed by atoms with Gasteiger partial charge in [-0.3, -0.25) is 9.36 Å². The smallest absolute Gasteiger partial charge is 0.346 e. The Balaban J connectivity index is 1.78. The molecule has 3 rings (SSSR count). The summed E-state index contributed by atoms with van der Waals surface area (Å²) >= 11 is 5.96. The van der Waals surface area contributed by atoms with Gasteiger partial charge in [-0.05, 0) is 43.2 Å². The van der Waals surface area contributed by atoms with Crippen molar-refractivity contribution < 1.29 is 9.53 Å². The summed E-state index contributed by atoms with van der Waals surface area (Å²) in [7, 11) is 1.58. The summed E-state index contributed by atoms with van der Waals surface area (Å²) in [5, 5.41) is 5.02. The van der Waals surface area contributed by atoms with Gasteiger partial charge in [0.2, 0.25) is 0 Å². The minimum Gasteiger partial charge on any atom is -0.383 e. The first kappa shape index (κ1) is 21.0. The van der Waals surface area contributed by atoms with E-state index in [1.807, 2.05) is 25.1 Å². The molecular formula is C22H24ClN3O3. The molecule has 0 saturated heterocycles. The highest BCUT2D eigenvalue weighted by Crippen LogP contribution is 2.19. The maximum absolute atomic E-state index is 12.8. The van der Waals surface area contributed by atoms with Crippen LogP contribution in [0.4, 0.5) is 0 Å². The van der Waals surface area contributed by atoms with Crippen LogP contribution in [-0.2, 0) is 29.0 Å². The number of hydrogen-bond donors (Lipinski definition) is 0. The van der Waals surface area contributed by atoms with Gasteiger partial charge in [0.1, 0.15) is 6.54 Å². The first-order valence-corrected chi connectivity index (χ1v) is 9.85. The van der Waals surface area contributed by atoms with Crippen molar-refractivity contribution in [2.24, 2.45) is 0 Å². The van der Waals surface area contributed by atoms with E-state index in [2.05, 4.69) is 11.2 Å². The minimum atomic E-state index is -0.323. The fourth-order valence-corrected chi connectivity index (χ4v) is 3.26. The van der Waals surface area contributed by atoms with Crippen LogP contribution < -0.4 is 5.69 Å². The molecule has 29 heavy (non-hydrogen) atoms. The molecule has 0 saturated carbocycles. The number of hydrogen-bond acceptors (Lipinski definition) is 4. The number of ether oxygens (including phenoxy) is 1. The highest BCUT2D eigenvalue weighted by Gasteiger charge is 2.17. The standard InChI is InChI=1S/C22H24ClN3O3/c1-16-4-3-5-17(14-16)6-11-20(27)15-26-22(28)25(12-13-29-2)21(24-26)18-7-9-19(23)10-8-18/h3-5,7-10,14H,6,11-13,15H2,1-2H3. The van der Waals surface area contributed by atoms with E-state index in [9.17, 15) is 9.59 Å². The monoisotopic (exact) mass is 413 g/mol. The van der Waals surface area contributed by atoms with E-state index in [1.54, 1.807) is 31.4 Å². The van der Waals surface area contributed by atoms with Gasteiger partial charge in [-0.1, -0.05) is 41.4 Å². The van der Waals surface area contributed by atoms with Gasteiger partial charge in [0, 0.05) is 24.1 Å². The molecule has 2 aromatic carbocycles. The average molecular weight is 414 g/mol. The van der Waals surface area contributed by atoms with Crippen LogP contribution in [0, 0.1) is 6.92 Å². The summed E-state index contributed by atoms with van der Waals surface area (Å²) in [6.45, 7) is 2.69. The third kappa shape index (κ3) is 5.43. The van der Waals surface area contributed by atoms with E-state index in [4.69, 9.17) is 16.3 Å². The predicted molar refractivity (Wildman–Crippen MR) is 113 cm³/mol. The molecule has 0 unspecified atom stereocenters. The first-order chi connectivity index (χ1) is 14.0. The number of aryl methyl sites for hydroxylation is 2. The summed E-state index contributed by atoms with van der Waals surface area (Å²) in [4.78, 5) is 25.3. The maximum atomic E-state index is 12.8. The topological polar surface area (TPSA) is 66.1 Å². The highest BCUT2D eigenvalue weighted by atomic mass is 35.5. The van der Waals surface area contributed by atoms with Crippen LogP contribution in [0.1, 0.15) is 17.5 Å². The third-order valence-corrected chi connectivity index (χ3v) is 4.90. The zero-order valence-electron chi connectivity index (χ0n) is 16.6. The largest absolute Gasteiger partial charge is 0.383 e. The lowest BCUT2D eigenvalue weighted by molar-refractivity contribution is -0.119. The quantitative estimate of drug-likeness (QED) is 0.538. The number of rotatable bonds is 9. The normalized spacial score (nSPS) is 11.0. The van der Waals surface area contributed by atoms with Crippen LogP contribution in [0.2, 0.25) is 5.02 Å². The molecule has 0 aliphatic rings. The third-order valence-electron chi connectivity index (χ3n) is 4.65. The minimum absolute atomic E-state index is 0.0346. The first-order valence-electron chi connectivity index (χ1n) is 9.47. The maximum Gasteiger partial charge on any atom is 0.346 e. The Bertz CT molecular complexity index is 1040. The Morgan fingerprint density at radius 1 is 1.17 bits per heavy atom. The van der Waals surface area contributed by atoms with E-state index < -0.39 is 0 Å². The lowest BCUT2D eigenvalue weighted by Crippen LogP contribution is -2.29. The van der Waals surface area contributed by atoms with Crippen LogP contribution in [0.15, 0.2) is 53.3 Å². The van der Waals surface area contributed by atoms with Crippen molar-refractivity contribution in [1.29, 1.82) is 0 Å². The van der Waals surface area contributed by atoms with Gasteiger partial charge in [0.25, 0.3) is 0 Å². The Morgan fingerprint density at radius 2 is 1.93 bits per heavy atom. The lowest BCUT2D eigenvalue weighted by Gasteiger charge is -2.04. The number of carbonyl (C=O) groups is 1. The van der Waals surface area contributed by atoms with Crippen LogP contribution >= 0.6 is 11.6 Å². The summed E-state index contributed by atoms with van der Waals surface area (Å²) in [6, 6.07) is 15.2. The molecule has 0 aliphatic carbocycles. The van der Waals surface area contributed by atoms with Gasteiger partial charge in [-0.2, -0.15) is 0 Å². The molecule has 0 aliphatic heterocycles. The number of halogens is 1. The summed E-state index contributed by atoms with van der Waals surface area (Å²) in [5.74, 6) is 0.461. The summed E-state index contributed by atoms with van der Waals surface area (Å²) in [5.41, 5.74) is 2.71. The Labute approximate surface area is 174 Å². The second-order valence-electron chi connectivity index (χ2n) is 6.94. The molecule has 0 N–H and O–H groups in total. The molecule has 0 atom stereocenters. The molecule has 0 spiro atoms. The molecule has 0 fully saturated rings. The Kier molecular flexibility index (Phi) is 7.01. The second kappa shape index (κ2) is 9.67. The number of carbonyl (C=O) groups excluding carboxylic acids is 1. The summed E-state index contributed by atoms with van der Waals surface area (Å²) < 4.78 is 7.88. The van der Waals surface area contributed by atoms with Crippen molar-refractivity contribution in [2.45, 2.75) is 32.9 Å². The van der Waals surface area contributed by atoms with Crippen molar-refractivity contribution in [1.82, 2.24) is 14.3 Å². The van der Waals surface area contributed by atoms with Crippen molar-refractivity contribution in [3.05, 3.63) is 75.2 Å². The molecule has 1 aromatic heterocycles. The molecule has 0 bridgehead atoms. The van der Waals surface area contributed by atoms with Crippen LogP contribution in [0.3, 0.4) is 0 Å². The molecular weight excluding hydrogens is 390 g/mol. The fourth-order valence-electron chi connectivity index (χ4n) is 3.14. The molecule has 3 aromatic rings. The van der Waals surface area contributed by atoms with E-state index in [0.717, 1.165) is 16.7 Å². The number of methoxy groups -OCH3 is 1. The van der Waals surface area contributed by atoms with E-state index in [1.165, 1.54) is 9.25 Å². The van der Waals surface area contributed by atoms with Gasteiger partial charge in [-0.25, -0.2) is 9.48 Å². The number of benzene rings is 2. The number of Topliss-reactive ketones (excluding diaryl/α,β-unsaturated/α-hetero) is 1. The molecule has 0 amide bonds. The van der Waals surface area contributed by atoms with Crippen LogP contribution in [0.25, 0.3) is 11.4 Å². The van der Waals surface area contributed by atoms with Crippen LogP contribution in [-0.4, -0.2) is 33.8 Å². The number of nitrogens with zero attached hydrogens (tertiary/aromatic N) is 3. The molecule has 1 heterocycles. The number of ketones is 1. The van der Waals surface area contributed by atoms with Gasteiger partial charge in [0.05, 0.1) is 13.2 Å². The van der Waals surface area contributed by atoms with Gasteiger partial charge < -0.3 is 4.74 Å². The van der Waals surface area contributed by atoms with Crippen molar-refractivity contribution in [2.75, 3.05) is 13.7 Å². The van der Waals surface area contributed by atoms with Gasteiger partial charge in [-0.15, -0.1) is 5.10 Å². The fraction of sp³-hybridized carbons (Fsp3) is 0.318. The predicted octanol–water partition coefficient (Wildman–Crippen LogP) is 3.52. The van der Waals surface area contributed by atoms with Crippen molar-refractivity contribution in [3.8, 4) is 11.4 Å². The van der Waals surface area contributed by atoms with Gasteiger partial charge in [0.15, 0.2) is 11.6 Å². The Morgan fingerprint density at radius 3 is 2.62 bits per heavy atom. The highest BCUT2D eigenvalue weighted by molar-refractivity contribution is 6.30. The van der Waals surface area contributed by atoms with Crippen LogP contribution in [0.5, 0.6) is 0 Å². The summed E-state index contributed by atoms with van der Waals surface area (Å²) in [6.07, 6.45) is 1.00. The molecule has 0 radical (unpaired) electrons. The van der Waals surface area contributed by atoms with E-state index >= 15 is 0 Å².